The molecule has 0 radical (unpaired) electrons. The number of anilines is 5. The Kier molecular flexibility index (Phi) is 25.5. The molecule has 41 nitrogen and oxygen atoms in total. The van der Waals surface area contributed by atoms with Gasteiger partial charge in [0.2, 0.25) is 23.8 Å². The zero-order valence-electron chi connectivity index (χ0n) is 60.3. The van der Waals surface area contributed by atoms with Crippen molar-refractivity contribution in [1.82, 2.24) is 87.6 Å². The molecular weight excluding hydrogens is 1640 g/mol. The third-order valence-corrected chi connectivity index (χ3v) is 21.3. The van der Waals surface area contributed by atoms with Crippen LogP contribution in [0.1, 0.15) is 65.8 Å². The van der Waals surface area contributed by atoms with Gasteiger partial charge in [0.1, 0.15) is 83.1 Å². The van der Waals surface area contributed by atoms with Gasteiger partial charge in [0, 0.05) is 12.4 Å². The predicted octanol–water partition coefficient (Wildman–Crippen LogP) is -1.81. The van der Waals surface area contributed by atoms with Crippen LogP contribution in [0.3, 0.4) is 0 Å². The van der Waals surface area contributed by atoms with Crippen LogP contribution in [0.5, 0.6) is 0 Å². The fraction of sp³-hybridized carbons (Fsp3) is 0.448. The standard InChI is InChI=1S/C14H14ClFN4O4.C14H15ClN4O4.C13H14ClN5O4.C13H14ClN5O3S.C13H14ClN5O3/c1-2-3-14(15)9(22)7(5-21)24-12(14)20-4-6(16)8-10(20)18-13(17)19-11(8)23;1-2-4-14(15)9(21)8(6-20)23-12(14)19-5-3-7-10(19)17-13(16)18-11(7)22;1-2-3-13(14)8(21)6(4-20)23-11(13)19-5-16-7-9(19)17-12(15)18-10(7)22;1-2-3-13(14)8(21)6(4-20)22-11(13)19-5-16-7-9(19)17-12(15)18-10(7)23;1-2-3-13(14)9(21)8(5-20)22-11(13)19-6-17-7-4-16-12(15)18-10(7)19/h4,7,9,12,21-22H,5H2,1H3,(H3,17,18,19,23);3,5,8-9,12,20-21H,6H2,1H3,(H3,16,17,18,22);5-6,8,11,20-21H,4H2,1H3,(H3,15,17,18,22);5-6,8,11,20-21H,4H2,1H3,(H3,15,17,18,23);4,6,8-9,11,20-21H,5H2,1H3,(H2,15,16,18)/t7-,9+,12-,14?;8-,9+,12-,14?;2*6-,8+,11-,13?;8-,9+,11-,13?/m11111/s1. The molecule has 0 amide bonds. The number of aliphatic hydroxyl groups excluding tert-OH is 10. The Morgan fingerprint density at radius 1 is 0.461 bits per heavy atom. The molecule has 48 heteroatoms. The summed E-state index contributed by atoms with van der Waals surface area (Å²) in [6.45, 7) is 5.68. The van der Waals surface area contributed by atoms with E-state index in [4.69, 9.17) is 123 Å². The molecule has 5 fully saturated rings. The number of ether oxygens (including phenoxy) is 5. The lowest BCUT2D eigenvalue weighted by molar-refractivity contribution is -0.0436. The highest BCUT2D eigenvalue weighted by Crippen LogP contribution is 2.49. The minimum Gasteiger partial charge on any atom is -0.394 e. The molecule has 0 aromatic carbocycles. The van der Waals surface area contributed by atoms with E-state index in [-0.39, 0.29) is 68.8 Å². The molecule has 5 aliphatic heterocycles. The zero-order chi connectivity index (χ0) is 83.9. The number of halogens is 6. The number of fused-ring (bicyclic) bond motifs is 5. The molecule has 0 aliphatic carbocycles. The number of nitrogens with two attached hydrogens (primary N) is 5. The van der Waals surface area contributed by atoms with Gasteiger partial charge in [-0.15, -0.1) is 29.6 Å². The van der Waals surface area contributed by atoms with Gasteiger partial charge in [-0.1, -0.05) is 99.8 Å². The van der Waals surface area contributed by atoms with Gasteiger partial charge in [-0.05, 0) is 40.7 Å². The smallest absolute Gasteiger partial charge is 0.280 e. The summed E-state index contributed by atoms with van der Waals surface area (Å²) in [6, 6.07) is 1.54. The molecule has 15 rings (SSSR count). The van der Waals surface area contributed by atoms with E-state index in [0.29, 0.717) is 27.7 Å². The van der Waals surface area contributed by atoms with Crippen molar-refractivity contribution in [2.45, 2.75) is 151 Å². The summed E-state index contributed by atoms with van der Waals surface area (Å²) in [6.07, 6.45) is -7.51. The summed E-state index contributed by atoms with van der Waals surface area (Å²) in [5, 5.41) is 98.4. The van der Waals surface area contributed by atoms with Crippen LogP contribution in [0.25, 0.3) is 55.6 Å². The van der Waals surface area contributed by atoms with Crippen molar-refractivity contribution in [3.8, 4) is 59.2 Å². The van der Waals surface area contributed by atoms with Gasteiger partial charge >= 0.3 is 0 Å². The maximum atomic E-state index is 14.2. The number of hydrogen-bond donors (Lipinski definition) is 19. The first-order chi connectivity index (χ1) is 54.6. The van der Waals surface area contributed by atoms with Crippen molar-refractivity contribution in [3.05, 3.63) is 85.2 Å². The Morgan fingerprint density at radius 3 is 1.28 bits per heavy atom. The van der Waals surface area contributed by atoms with Gasteiger partial charge in [0.25, 0.3) is 16.7 Å². The summed E-state index contributed by atoms with van der Waals surface area (Å²) in [7, 11) is 0. The molecule has 610 valence electrons. The molecule has 20 atom stereocenters. The van der Waals surface area contributed by atoms with E-state index in [9.17, 15) is 69.8 Å². The zero-order valence-corrected chi connectivity index (χ0v) is 64.9. The number of hydrogen-bond acceptors (Lipinski definition) is 33. The fourth-order valence-electron chi connectivity index (χ4n) is 13.3. The van der Waals surface area contributed by atoms with Gasteiger partial charge < -0.3 is 113 Å². The molecule has 10 aromatic rings. The van der Waals surface area contributed by atoms with Crippen LogP contribution in [-0.4, -0.2) is 257 Å². The van der Waals surface area contributed by atoms with Gasteiger partial charge in [-0.25, -0.2) is 29.3 Å². The number of nitrogen functional groups attached to an aromatic ring is 5. The van der Waals surface area contributed by atoms with Crippen molar-refractivity contribution in [2.75, 3.05) is 61.7 Å². The van der Waals surface area contributed by atoms with E-state index in [1.807, 2.05) is 0 Å². The second kappa shape index (κ2) is 34.1. The first-order valence-electron chi connectivity index (χ1n) is 33.8. The molecule has 5 unspecified atom stereocenters. The van der Waals surface area contributed by atoms with Crippen molar-refractivity contribution in [3.63, 3.8) is 0 Å². The minimum absolute atomic E-state index is 0.0493. The van der Waals surface area contributed by atoms with E-state index in [0.717, 1.165) is 10.8 Å². The fourth-order valence-corrected chi connectivity index (χ4v) is 15.5. The topological polar surface area (TPSA) is 634 Å². The first-order valence-corrected chi connectivity index (χ1v) is 36.1. The quantitative estimate of drug-likeness (QED) is 0.0408. The number of alkyl halides is 5. The molecule has 5 aliphatic rings. The molecule has 5 saturated heterocycles. The molecule has 10 aromatic heterocycles. The van der Waals surface area contributed by atoms with Gasteiger partial charge in [0.15, 0.2) is 100 Å². The van der Waals surface area contributed by atoms with Crippen molar-refractivity contribution in [1.29, 1.82) is 0 Å². The number of aliphatic hydroxyl groups is 10. The van der Waals surface area contributed by atoms with E-state index in [2.05, 4.69) is 124 Å². The van der Waals surface area contributed by atoms with Crippen LogP contribution in [0.4, 0.5) is 34.1 Å². The molecule has 24 N–H and O–H groups in total. The third-order valence-electron chi connectivity index (χ3n) is 18.5. The monoisotopic (exact) mass is 1710 g/mol. The number of rotatable bonds is 10. The predicted molar refractivity (Wildman–Crippen MR) is 414 cm³/mol. The number of aromatic amines is 4. The average Bonchev–Trinajstić information content (AvgIpc) is 1.61. The molecule has 0 saturated carbocycles. The van der Waals surface area contributed by atoms with Crippen LogP contribution < -0.4 is 45.3 Å². The van der Waals surface area contributed by atoms with Crippen molar-refractivity contribution in [2.24, 2.45) is 0 Å². The lowest BCUT2D eigenvalue weighted by Gasteiger charge is -2.25. The SMILES string of the molecule is CC#CC1(Cl)[C@@H](O)[C@@H](CO)O[C@H]1n1cc(F)c2c(=O)[nH]c(N)nc21.CC#CC1(Cl)[C@@H](O)[C@@H](CO)O[C@H]1n1ccc2c(=O)[nH]c(N)nc21.CC#CC1(Cl)[C@@H](O)[C@@H](CO)O[C@H]1n1cnc2c(=O)[nH]c(N)nc21.CC#CC1(Cl)[C@@H](O)[C@@H](CO)O[C@H]1n1cnc2c(=S)nc(N)[nH]c21.CC#CC1(Cl)[C@@H](O)[C@@H](CO)O[C@H]1n1cnc2cnc(N)nc21. The van der Waals surface area contributed by atoms with E-state index < -0.39 is 165 Å². The summed E-state index contributed by atoms with van der Waals surface area (Å²) >= 11 is 37.6. The second-order valence-electron chi connectivity index (χ2n) is 25.6. The Balaban J connectivity index is 0.000000142. The van der Waals surface area contributed by atoms with Crippen molar-refractivity contribution < 1.29 is 79.1 Å². The average molecular weight is 1710 g/mol. The lowest BCUT2D eigenvalue weighted by atomic mass is 9.99. The maximum absolute atomic E-state index is 14.2. The maximum Gasteiger partial charge on any atom is 0.280 e. The number of nitrogens with one attached hydrogen (secondary N) is 4. The Morgan fingerprint density at radius 2 is 0.826 bits per heavy atom. The number of nitrogens with zero attached hydrogens (tertiary/aromatic N) is 14. The van der Waals surface area contributed by atoms with Crippen LogP contribution >= 0.6 is 70.2 Å². The van der Waals surface area contributed by atoms with Crippen LogP contribution in [-0.2, 0) is 23.7 Å². The largest absolute Gasteiger partial charge is 0.394 e. The van der Waals surface area contributed by atoms with Crippen LogP contribution in [0, 0.1) is 69.7 Å². The number of aromatic nitrogens is 18. The first kappa shape index (κ1) is 86.0. The van der Waals surface area contributed by atoms with E-state index in [1.165, 1.54) is 45.8 Å². The second-order valence-corrected chi connectivity index (χ2v) is 29.1. The highest BCUT2D eigenvalue weighted by molar-refractivity contribution is 7.71. The highest BCUT2D eigenvalue weighted by Gasteiger charge is 2.60. The van der Waals surface area contributed by atoms with Gasteiger partial charge in [0.05, 0.1) is 63.6 Å². The summed E-state index contributed by atoms with van der Waals surface area (Å²) in [5.74, 6) is 25.8. The Bertz CT molecular complexity index is 5610. The van der Waals surface area contributed by atoms with E-state index in [1.54, 1.807) is 44.5 Å². The van der Waals surface area contributed by atoms with Crippen LogP contribution in [0.15, 0.2) is 58.0 Å². The Hall–Kier alpha value is -9.91. The molecular formula is C67H71Cl5FN23O18S. The molecule has 0 spiro atoms. The normalized spacial score (nSPS) is 30.4. The van der Waals surface area contributed by atoms with Gasteiger partial charge in [-0.3, -0.25) is 47.6 Å². The molecule has 0 bridgehead atoms. The Labute approximate surface area is 675 Å². The molecule has 15 heterocycles. The molecule has 115 heavy (non-hydrogen) atoms. The minimum atomic E-state index is -1.67. The lowest BCUT2D eigenvalue weighted by Crippen LogP contribution is -2.41. The highest BCUT2D eigenvalue weighted by atomic mass is 35.5. The number of imidazole rings is 3. The number of H-pyrrole nitrogens is 4. The van der Waals surface area contributed by atoms with Crippen LogP contribution in [0.2, 0.25) is 0 Å². The summed E-state index contributed by atoms with van der Waals surface area (Å²) < 4.78 is 49.7. The third kappa shape index (κ3) is 15.4. The summed E-state index contributed by atoms with van der Waals surface area (Å²) in [4.78, 5) is 74.2. The van der Waals surface area contributed by atoms with E-state index >= 15 is 0 Å². The van der Waals surface area contributed by atoms with Gasteiger partial charge in [-0.2, -0.15) is 19.9 Å². The summed E-state index contributed by atoms with van der Waals surface area (Å²) in [5.41, 5.74) is 28.4. The van der Waals surface area contributed by atoms with Crippen molar-refractivity contribution >= 4 is 156 Å².